The van der Waals surface area contributed by atoms with Crippen LogP contribution in [0.3, 0.4) is 0 Å². The fraction of sp³-hybridized carbons (Fsp3) is 0.647. The van der Waals surface area contributed by atoms with Crippen molar-refractivity contribution in [1.82, 2.24) is 0 Å². The molecule has 0 aliphatic heterocycles. The lowest BCUT2D eigenvalue weighted by Crippen LogP contribution is -2.13. The Bertz CT molecular complexity index is 374. The maximum atomic E-state index is 6.05. The Morgan fingerprint density at radius 2 is 2.00 bits per heavy atom. The molecule has 0 amide bonds. The lowest BCUT2D eigenvalue weighted by atomic mass is 9.90. The van der Waals surface area contributed by atoms with Gasteiger partial charge in [0.15, 0.2) is 0 Å². The van der Waals surface area contributed by atoms with Gasteiger partial charge in [-0.2, -0.15) is 0 Å². The molecule has 0 aliphatic rings. The lowest BCUT2D eigenvalue weighted by molar-refractivity contribution is 0.306. The number of alkyl halides is 1. The van der Waals surface area contributed by atoms with Crippen molar-refractivity contribution < 1.29 is 4.74 Å². The van der Waals surface area contributed by atoms with E-state index in [1.54, 1.807) is 0 Å². The van der Waals surface area contributed by atoms with Crippen molar-refractivity contribution in [2.24, 2.45) is 11.8 Å². The van der Waals surface area contributed by atoms with Crippen LogP contribution in [0.25, 0.3) is 0 Å². The molecule has 0 saturated carbocycles. The lowest BCUT2D eigenvalue weighted by Gasteiger charge is -2.19. The molecule has 0 radical (unpaired) electrons. The number of rotatable bonds is 8. The summed E-state index contributed by atoms with van der Waals surface area (Å²) in [4.78, 5) is 0. The first-order valence-electron chi connectivity index (χ1n) is 7.36. The Morgan fingerprint density at radius 1 is 1.26 bits per heavy atom. The molecule has 0 aromatic heterocycles. The third-order valence-corrected chi connectivity index (χ3v) is 4.04. The summed E-state index contributed by atoms with van der Waals surface area (Å²) in [5.74, 6) is 2.90. The Labute approximate surface area is 123 Å². The van der Waals surface area contributed by atoms with Crippen LogP contribution in [0.1, 0.15) is 44.7 Å². The molecular weight excluding hydrogens is 256 g/mol. The van der Waals surface area contributed by atoms with Crippen LogP contribution in [0.15, 0.2) is 18.2 Å². The van der Waals surface area contributed by atoms with E-state index < -0.39 is 0 Å². The minimum absolute atomic E-state index is 0.535. The molecule has 0 fully saturated rings. The van der Waals surface area contributed by atoms with Crippen molar-refractivity contribution in [3.8, 4) is 5.75 Å². The van der Waals surface area contributed by atoms with Crippen LogP contribution >= 0.6 is 11.6 Å². The van der Waals surface area contributed by atoms with Crippen molar-refractivity contribution in [2.45, 2.75) is 47.0 Å². The van der Waals surface area contributed by atoms with E-state index in [9.17, 15) is 0 Å². The maximum Gasteiger partial charge on any atom is 0.122 e. The van der Waals surface area contributed by atoms with E-state index in [1.165, 1.54) is 17.5 Å². The molecule has 0 N–H and O–H groups in total. The van der Waals surface area contributed by atoms with E-state index in [0.717, 1.165) is 31.1 Å². The molecule has 0 unspecified atom stereocenters. The predicted octanol–water partition coefficient (Wildman–Crippen LogP) is 5.23. The van der Waals surface area contributed by atoms with Gasteiger partial charge in [0.1, 0.15) is 5.75 Å². The second-order valence-corrected chi connectivity index (χ2v) is 5.97. The van der Waals surface area contributed by atoms with Crippen molar-refractivity contribution >= 4 is 11.6 Å². The van der Waals surface area contributed by atoms with E-state index in [4.69, 9.17) is 16.3 Å². The minimum Gasteiger partial charge on any atom is -0.493 e. The molecule has 0 spiro atoms. The van der Waals surface area contributed by atoms with Gasteiger partial charge in [-0.3, -0.25) is 0 Å². The van der Waals surface area contributed by atoms with E-state index >= 15 is 0 Å². The van der Waals surface area contributed by atoms with Gasteiger partial charge in [0.05, 0.1) is 6.61 Å². The topological polar surface area (TPSA) is 9.23 Å². The molecule has 1 aromatic rings. The van der Waals surface area contributed by atoms with Gasteiger partial charge in [-0.1, -0.05) is 39.3 Å². The first-order chi connectivity index (χ1) is 9.08. The molecule has 1 aromatic carbocycles. The van der Waals surface area contributed by atoms with E-state index in [0.29, 0.717) is 11.8 Å². The van der Waals surface area contributed by atoms with Gasteiger partial charge in [-0.05, 0) is 48.8 Å². The number of benzene rings is 1. The molecule has 0 bridgehead atoms. The third-order valence-electron chi connectivity index (χ3n) is 3.65. The van der Waals surface area contributed by atoms with E-state index in [1.807, 2.05) is 0 Å². The summed E-state index contributed by atoms with van der Waals surface area (Å²) in [6, 6.07) is 6.54. The van der Waals surface area contributed by atoms with Crippen LogP contribution in [0.5, 0.6) is 5.75 Å². The smallest absolute Gasteiger partial charge is 0.122 e. The minimum atomic E-state index is 0.535. The van der Waals surface area contributed by atoms with Crippen molar-refractivity contribution in [1.29, 1.82) is 0 Å². The summed E-state index contributed by atoms with van der Waals surface area (Å²) < 4.78 is 5.86. The van der Waals surface area contributed by atoms with E-state index in [-0.39, 0.29) is 0 Å². The highest BCUT2D eigenvalue weighted by molar-refractivity contribution is 6.18. The maximum absolute atomic E-state index is 6.05. The van der Waals surface area contributed by atoms with Crippen LogP contribution in [-0.4, -0.2) is 12.5 Å². The van der Waals surface area contributed by atoms with Crippen molar-refractivity contribution in [3.63, 3.8) is 0 Å². The average Bonchev–Trinajstić information content (AvgIpc) is 2.39. The molecule has 1 rings (SSSR count). The molecule has 19 heavy (non-hydrogen) atoms. The second-order valence-electron chi connectivity index (χ2n) is 5.66. The van der Waals surface area contributed by atoms with Gasteiger partial charge in [0.2, 0.25) is 0 Å². The van der Waals surface area contributed by atoms with Crippen LogP contribution in [0.2, 0.25) is 0 Å². The molecular formula is C17H27ClO. The number of hydrogen-bond acceptors (Lipinski definition) is 1. The van der Waals surface area contributed by atoms with Crippen LogP contribution < -0.4 is 4.74 Å². The Balaban J connectivity index is 2.71. The Kier molecular flexibility index (Phi) is 7.30. The number of aryl methyl sites for hydroxylation is 1. The van der Waals surface area contributed by atoms with Gasteiger partial charge >= 0.3 is 0 Å². The van der Waals surface area contributed by atoms with Gasteiger partial charge in [0, 0.05) is 5.88 Å². The standard InChI is InChI=1S/C17H27ClO/c1-5-6-9-19-17-11-15(8-7-14(17)4)10-16(12-18)13(2)3/h7-8,11,13,16H,5-6,9-10,12H2,1-4H3/t16-/m0/s1. The van der Waals surface area contributed by atoms with Gasteiger partial charge < -0.3 is 4.74 Å². The summed E-state index contributed by atoms with van der Waals surface area (Å²) in [6.45, 7) is 9.57. The van der Waals surface area contributed by atoms with Gasteiger partial charge in [-0.15, -0.1) is 11.6 Å². The highest BCUT2D eigenvalue weighted by atomic mass is 35.5. The first kappa shape index (κ1) is 16.4. The quantitative estimate of drug-likeness (QED) is 0.469. The second kappa shape index (κ2) is 8.47. The highest BCUT2D eigenvalue weighted by Gasteiger charge is 2.13. The highest BCUT2D eigenvalue weighted by Crippen LogP contribution is 2.24. The van der Waals surface area contributed by atoms with E-state index in [2.05, 4.69) is 45.9 Å². The summed E-state index contributed by atoms with van der Waals surface area (Å²) in [5, 5.41) is 0. The predicted molar refractivity (Wildman–Crippen MR) is 84.3 cm³/mol. The number of hydrogen-bond donors (Lipinski definition) is 0. The van der Waals surface area contributed by atoms with Crippen molar-refractivity contribution in [3.05, 3.63) is 29.3 Å². The zero-order valence-corrected chi connectivity index (χ0v) is 13.5. The number of ether oxygens (including phenoxy) is 1. The zero-order valence-electron chi connectivity index (χ0n) is 12.7. The first-order valence-corrected chi connectivity index (χ1v) is 7.90. The Hall–Kier alpha value is -0.690. The van der Waals surface area contributed by atoms with Crippen LogP contribution in [0, 0.1) is 18.8 Å². The average molecular weight is 283 g/mol. The Morgan fingerprint density at radius 3 is 2.58 bits per heavy atom. The summed E-state index contributed by atoms with van der Waals surface area (Å²) in [7, 11) is 0. The SMILES string of the molecule is CCCCOc1cc(C[C@@H](CCl)C(C)C)ccc1C. The molecule has 0 saturated heterocycles. The van der Waals surface area contributed by atoms with Crippen molar-refractivity contribution in [2.75, 3.05) is 12.5 Å². The molecule has 1 atom stereocenters. The summed E-state index contributed by atoms with van der Waals surface area (Å²) >= 11 is 6.05. The van der Waals surface area contributed by atoms with Crippen LogP contribution in [-0.2, 0) is 6.42 Å². The largest absolute Gasteiger partial charge is 0.493 e. The number of unbranched alkanes of at least 4 members (excludes halogenated alkanes) is 1. The molecule has 0 heterocycles. The van der Waals surface area contributed by atoms with Gasteiger partial charge in [0.25, 0.3) is 0 Å². The van der Waals surface area contributed by atoms with Gasteiger partial charge in [-0.25, -0.2) is 0 Å². The fourth-order valence-corrected chi connectivity index (χ4v) is 2.49. The molecule has 2 heteroatoms. The zero-order chi connectivity index (χ0) is 14.3. The summed E-state index contributed by atoms with van der Waals surface area (Å²) in [5.41, 5.74) is 2.54. The summed E-state index contributed by atoms with van der Waals surface area (Å²) in [6.07, 6.45) is 3.31. The molecule has 108 valence electrons. The van der Waals surface area contributed by atoms with Crippen LogP contribution in [0.4, 0.5) is 0 Å². The fourth-order valence-electron chi connectivity index (χ4n) is 2.02. The third kappa shape index (κ3) is 5.44. The molecule has 0 aliphatic carbocycles. The molecule has 1 nitrogen and oxygen atoms in total. The normalized spacial score (nSPS) is 12.7. The number of halogens is 1. The monoisotopic (exact) mass is 282 g/mol.